The number of carbonyl (C=O) groups is 1. The zero-order valence-electron chi connectivity index (χ0n) is 20.9. The SMILES string of the molecule is C[C@@H]1CN([C@@H](C)CO)C(=O)Cc2cc(NS(C)(=O)=O)ccc2O[C@H]1CN(C)Cc1ccc(Cl)c(Cl)c1. The highest BCUT2D eigenvalue weighted by Crippen LogP contribution is 2.30. The maximum atomic E-state index is 13.2. The van der Waals surface area contributed by atoms with Crippen molar-refractivity contribution in [3.8, 4) is 5.75 Å². The van der Waals surface area contributed by atoms with E-state index in [0.29, 0.717) is 46.7 Å². The summed E-state index contributed by atoms with van der Waals surface area (Å²) in [6.07, 6.45) is 0.810. The number of carbonyl (C=O) groups excluding carboxylic acids is 1. The van der Waals surface area contributed by atoms with Gasteiger partial charge in [-0.25, -0.2) is 8.42 Å². The van der Waals surface area contributed by atoms with Crippen LogP contribution < -0.4 is 9.46 Å². The highest BCUT2D eigenvalue weighted by atomic mass is 35.5. The second kappa shape index (κ2) is 12.0. The third-order valence-corrected chi connectivity index (χ3v) is 7.49. The minimum Gasteiger partial charge on any atom is -0.488 e. The molecule has 3 rings (SSSR count). The third-order valence-electron chi connectivity index (χ3n) is 6.15. The Balaban J connectivity index is 1.91. The Bertz CT molecular complexity index is 1190. The van der Waals surface area contributed by atoms with Gasteiger partial charge in [-0.15, -0.1) is 0 Å². The number of nitrogens with one attached hydrogen (secondary N) is 1. The zero-order chi connectivity index (χ0) is 26.6. The smallest absolute Gasteiger partial charge is 0.229 e. The Labute approximate surface area is 223 Å². The number of fused-ring (bicyclic) bond motifs is 1. The lowest BCUT2D eigenvalue weighted by Gasteiger charge is -2.34. The molecule has 1 aliphatic rings. The third kappa shape index (κ3) is 7.73. The molecular formula is C25H33Cl2N3O5S. The molecule has 2 aromatic carbocycles. The second-order valence-electron chi connectivity index (χ2n) is 9.53. The zero-order valence-corrected chi connectivity index (χ0v) is 23.2. The van der Waals surface area contributed by atoms with E-state index < -0.39 is 10.0 Å². The van der Waals surface area contributed by atoms with Crippen LogP contribution in [0.1, 0.15) is 25.0 Å². The largest absolute Gasteiger partial charge is 0.488 e. The highest BCUT2D eigenvalue weighted by Gasteiger charge is 2.31. The van der Waals surface area contributed by atoms with Gasteiger partial charge in [-0.2, -0.15) is 0 Å². The molecule has 1 aliphatic heterocycles. The molecule has 0 radical (unpaired) electrons. The molecule has 1 amide bonds. The van der Waals surface area contributed by atoms with Gasteiger partial charge in [0.2, 0.25) is 15.9 Å². The topological polar surface area (TPSA) is 99.2 Å². The molecule has 2 aromatic rings. The fraction of sp³-hybridized carbons (Fsp3) is 0.480. The van der Waals surface area contributed by atoms with Crippen LogP contribution in [0.5, 0.6) is 5.75 Å². The van der Waals surface area contributed by atoms with E-state index in [4.69, 9.17) is 27.9 Å². The predicted molar refractivity (Wildman–Crippen MR) is 143 cm³/mol. The molecule has 0 fully saturated rings. The number of nitrogens with zero attached hydrogens (tertiary/aromatic N) is 2. The molecule has 11 heteroatoms. The molecule has 1 heterocycles. The molecule has 198 valence electrons. The monoisotopic (exact) mass is 557 g/mol. The number of rotatable bonds is 8. The van der Waals surface area contributed by atoms with Crippen molar-refractivity contribution in [1.82, 2.24) is 9.80 Å². The summed E-state index contributed by atoms with van der Waals surface area (Å²) in [6.45, 7) is 5.24. The van der Waals surface area contributed by atoms with Crippen LogP contribution in [0.2, 0.25) is 10.0 Å². The van der Waals surface area contributed by atoms with E-state index in [1.807, 2.05) is 26.1 Å². The molecule has 0 saturated carbocycles. The lowest BCUT2D eigenvalue weighted by Crippen LogP contribution is -2.47. The van der Waals surface area contributed by atoms with E-state index in [9.17, 15) is 18.3 Å². The van der Waals surface area contributed by atoms with Crippen LogP contribution in [0.4, 0.5) is 5.69 Å². The van der Waals surface area contributed by atoms with Crippen molar-refractivity contribution in [2.75, 3.05) is 37.7 Å². The van der Waals surface area contributed by atoms with Gasteiger partial charge in [-0.3, -0.25) is 14.4 Å². The predicted octanol–water partition coefficient (Wildman–Crippen LogP) is 3.65. The lowest BCUT2D eigenvalue weighted by molar-refractivity contribution is -0.134. The van der Waals surface area contributed by atoms with Crippen LogP contribution in [0.3, 0.4) is 0 Å². The number of aliphatic hydroxyl groups excluding tert-OH is 1. The Morgan fingerprint density at radius 1 is 1.22 bits per heavy atom. The summed E-state index contributed by atoms with van der Waals surface area (Å²) in [6, 6.07) is 10.1. The standard InChI is InChI=1S/C25H33Cl2N3O5S/c1-16-12-30(17(2)15-31)25(32)11-19-10-20(28-36(4,33)34)6-8-23(19)35-24(16)14-29(3)13-18-5-7-21(26)22(27)9-18/h5-10,16-17,24,28,31H,11-15H2,1-4H3/t16-,17+,24+/m1/s1. The van der Waals surface area contributed by atoms with Gasteiger partial charge in [0.1, 0.15) is 11.9 Å². The summed E-state index contributed by atoms with van der Waals surface area (Å²) in [7, 11) is -1.51. The van der Waals surface area contributed by atoms with Crippen LogP contribution in [0.15, 0.2) is 36.4 Å². The summed E-state index contributed by atoms with van der Waals surface area (Å²) in [4.78, 5) is 17.0. The summed E-state index contributed by atoms with van der Waals surface area (Å²) in [5, 5.41) is 10.8. The number of ether oxygens (including phenoxy) is 1. The average Bonchev–Trinajstić information content (AvgIpc) is 2.83. The van der Waals surface area contributed by atoms with Gasteiger partial charge in [0.15, 0.2) is 0 Å². The van der Waals surface area contributed by atoms with Crippen molar-refractivity contribution in [3.05, 3.63) is 57.6 Å². The molecule has 0 unspecified atom stereocenters. The normalized spacial score (nSPS) is 19.7. The molecule has 8 nitrogen and oxygen atoms in total. The maximum Gasteiger partial charge on any atom is 0.229 e. The lowest BCUT2D eigenvalue weighted by atomic mass is 10.0. The fourth-order valence-corrected chi connectivity index (χ4v) is 5.12. The van der Waals surface area contributed by atoms with Crippen LogP contribution in [0.25, 0.3) is 0 Å². The summed E-state index contributed by atoms with van der Waals surface area (Å²) in [5.41, 5.74) is 1.94. The van der Waals surface area contributed by atoms with Crippen molar-refractivity contribution >= 4 is 44.8 Å². The van der Waals surface area contributed by atoms with Crippen molar-refractivity contribution < 1.29 is 23.1 Å². The Hall–Kier alpha value is -2.04. The van der Waals surface area contributed by atoms with Crippen molar-refractivity contribution in [2.24, 2.45) is 5.92 Å². The van der Waals surface area contributed by atoms with Gasteiger partial charge >= 0.3 is 0 Å². The van der Waals surface area contributed by atoms with E-state index in [1.165, 1.54) is 0 Å². The van der Waals surface area contributed by atoms with Crippen molar-refractivity contribution in [2.45, 2.75) is 39.0 Å². The number of hydrogen-bond acceptors (Lipinski definition) is 6. The Morgan fingerprint density at radius 3 is 2.58 bits per heavy atom. The minimum atomic E-state index is -3.48. The van der Waals surface area contributed by atoms with Crippen LogP contribution in [-0.2, 0) is 27.8 Å². The second-order valence-corrected chi connectivity index (χ2v) is 12.1. The van der Waals surface area contributed by atoms with Gasteiger partial charge in [0.25, 0.3) is 0 Å². The summed E-state index contributed by atoms with van der Waals surface area (Å²) in [5.74, 6) is 0.314. The van der Waals surface area contributed by atoms with E-state index in [1.54, 1.807) is 36.1 Å². The van der Waals surface area contributed by atoms with Crippen LogP contribution in [0, 0.1) is 5.92 Å². The molecule has 0 spiro atoms. The number of sulfonamides is 1. The summed E-state index contributed by atoms with van der Waals surface area (Å²) < 4.78 is 32.4. The van der Waals surface area contributed by atoms with Gasteiger partial charge in [-0.1, -0.05) is 36.2 Å². The summed E-state index contributed by atoms with van der Waals surface area (Å²) >= 11 is 12.2. The maximum absolute atomic E-state index is 13.2. The first-order chi connectivity index (χ1) is 16.9. The molecule has 3 atom stereocenters. The number of anilines is 1. The molecule has 0 saturated heterocycles. The van der Waals surface area contributed by atoms with E-state index >= 15 is 0 Å². The average molecular weight is 559 g/mol. The first-order valence-electron chi connectivity index (χ1n) is 11.7. The van der Waals surface area contributed by atoms with E-state index in [-0.39, 0.29) is 37.0 Å². The molecule has 0 aromatic heterocycles. The number of benzene rings is 2. The van der Waals surface area contributed by atoms with E-state index in [2.05, 4.69) is 9.62 Å². The van der Waals surface area contributed by atoms with E-state index in [0.717, 1.165) is 11.8 Å². The number of aliphatic hydroxyl groups is 1. The minimum absolute atomic E-state index is 0.0253. The molecule has 36 heavy (non-hydrogen) atoms. The van der Waals surface area contributed by atoms with Gasteiger partial charge in [0.05, 0.1) is 35.4 Å². The van der Waals surface area contributed by atoms with Crippen molar-refractivity contribution in [1.29, 1.82) is 0 Å². The van der Waals surface area contributed by atoms with Gasteiger partial charge in [0, 0.05) is 36.8 Å². The first kappa shape index (κ1) is 28.5. The number of likely N-dealkylation sites (N-methyl/N-ethyl adjacent to an activating group) is 1. The fourth-order valence-electron chi connectivity index (χ4n) is 4.25. The van der Waals surface area contributed by atoms with Gasteiger partial charge in [-0.05, 0) is 49.9 Å². The first-order valence-corrected chi connectivity index (χ1v) is 14.3. The Morgan fingerprint density at radius 2 is 1.94 bits per heavy atom. The Kier molecular flexibility index (Phi) is 9.51. The molecular weight excluding hydrogens is 525 g/mol. The van der Waals surface area contributed by atoms with Crippen molar-refractivity contribution in [3.63, 3.8) is 0 Å². The quantitative estimate of drug-likeness (QED) is 0.514. The number of amides is 1. The van der Waals surface area contributed by atoms with Crippen LogP contribution >= 0.6 is 23.2 Å². The van der Waals surface area contributed by atoms with Crippen LogP contribution in [-0.4, -0.2) is 74.4 Å². The number of hydrogen-bond donors (Lipinski definition) is 2. The molecule has 0 bridgehead atoms. The van der Waals surface area contributed by atoms with Gasteiger partial charge < -0.3 is 14.7 Å². The highest BCUT2D eigenvalue weighted by molar-refractivity contribution is 7.92. The molecule has 0 aliphatic carbocycles. The number of halogens is 2. The molecule has 2 N–H and O–H groups in total.